The molecule has 0 aliphatic heterocycles. The second-order valence-electron chi connectivity index (χ2n) is 3.95. The van der Waals surface area contributed by atoms with Gasteiger partial charge in [0.05, 0.1) is 0 Å². The van der Waals surface area contributed by atoms with E-state index in [1.807, 2.05) is 6.07 Å². The molecule has 0 amide bonds. The van der Waals surface area contributed by atoms with Gasteiger partial charge in [-0.25, -0.2) is 9.78 Å². The van der Waals surface area contributed by atoms with E-state index in [9.17, 15) is 4.79 Å². The fourth-order valence-corrected chi connectivity index (χ4v) is 1.74. The predicted molar refractivity (Wildman–Crippen MR) is 65.7 cm³/mol. The molecule has 7 nitrogen and oxygen atoms in total. The van der Waals surface area contributed by atoms with Crippen LogP contribution in [-0.2, 0) is 0 Å². The molecule has 0 aromatic carbocycles. The van der Waals surface area contributed by atoms with Crippen molar-refractivity contribution in [3.8, 4) is 11.5 Å². The Bertz CT molecular complexity index is 766. The van der Waals surface area contributed by atoms with Gasteiger partial charge in [-0.05, 0) is 25.1 Å². The zero-order valence-corrected chi connectivity index (χ0v) is 9.98. The van der Waals surface area contributed by atoms with Gasteiger partial charge in [-0.3, -0.25) is 4.98 Å². The van der Waals surface area contributed by atoms with Crippen LogP contribution in [-0.4, -0.2) is 35.6 Å². The van der Waals surface area contributed by atoms with Crippen LogP contribution in [0.15, 0.2) is 30.5 Å². The molecule has 0 unspecified atom stereocenters. The van der Waals surface area contributed by atoms with E-state index in [1.54, 1.807) is 25.3 Å². The maximum atomic E-state index is 11.2. The van der Waals surface area contributed by atoms with E-state index in [4.69, 9.17) is 5.11 Å². The quantitative estimate of drug-likeness (QED) is 0.739. The van der Waals surface area contributed by atoms with Crippen LogP contribution in [0.25, 0.3) is 17.3 Å². The van der Waals surface area contributed by atoms with Crippen LogP contribution < -0.4 is 0 Å². The summed E-state index contributed by atoms with van der Waals surface area (Å²) in [6.45, 7) is 1.71. The van der Waals surface area contributed by atoms with Gasteiger partial charge in [0, 0.05) is 11.9 Å². The van der Waals surface area contributed by atoms with Crippen molar-refractivity contribution in [2.24, 2.45) is 0 Å². The number of nitrogens with zero attached hydrogens (tertiary/aromatic N) is 5. The zero-order valence-electron chi connectivity index (χ0n) is 9.98. The van der Waals surface area contributed by atoms with Gasteiger partial charge in [0.15, 0.2) is 5.69 Å². The van der Waals surface area contributed by atoms with E-state index in [-0.39, 0.29) is 11.5 Å². The summed E-state index contributed by atoms with van der Waals surface area (Å²) >= 11 is 0. The highest BCUT2D eigenvalue weighted by Gasteiger charge is 2.15. The number of aryl methyl sites for hydroxylation is 1. The topological polar surface area (TPSA) is 93.3 Å². The first-order chi connectivity index (χ1) is 9.15. The van der Waals surface area contributed by atoms with Gasteiger partial charge < -0.3 is 5.11 Å². The molecule has 3 aromatic heterocycles. The highest BCUT2D eigenvalue weighted by Crippen LogP contribution is 2.14. The summed E-state index contributed by atoms with van der Waals surface area (Å²) < 4.78 is 1.21. The van der Waals surface area contributed by atoms with Crippen LogP contribution in [0, 0.1) is 6.92 Å². The van der Waals surface area contributed by atoms with Crippen LogP contribution in [0.5, 0.6) is 0 Å². The molecule has 0 fully saturated rings. The SMILES string of the molecule is Cc1cc(C(=O)O)n2nc(-c3ccccn3)nc2n1. The second kappa shape index (κ2) is 4.13. The largest absolute Gasteiger partial charge is 0.477 e. The van der Waals surface area contributed by atoms with E-state index < -0.39 is 5.97 Å². The first kappa shape index (κ1) is 11.3. The number of carbonyl (C=O) groups is 1. The Labute approximate surface area is 107 Å². The second-order valence-corrected chi connectivity index (χ2v) is 3.95. The number of aromatic nitrogens is 5. The summed E-state index contributed by atoms with van der Waals surface area (Å²) in [6.07, 6.45) is 1.62. The van der Waals surface area contributed by atoms with Crippen molar-refractivity contribution in [3.63, 3.8) is 0 Å². The monoisotopic (exact) mass is 255 g/mol. The summed E-state index contributed by atoms with van der Waals surface area (Å²) in [5, 5.41) is 13.3. The van der Waals surface area contributed by atoms with Crippen molar-refractivity contribution in [3.05, 3.63) is 41.9 Å². The molecule has 0 radical (unpaired) electrons. The fourth-order valence-electron chi connectivity index (χ4n) is 1.74. The maximum Gasteiger partial charge on any atom is 0.354 e. The minimum absolute atomic E-state index is 0.0252. The molecule has 3 heterocycles. The molecule has 94 valence electrons. The van der Waals surface area contributed by atoms with Gasteiger partial charge in [-0.2, -0.15) is 9.50 Å². The van der Waals surface area contributed by atoms with E-state index in [2.05, 4.69) is 20.1 Å². The Morgan fingerprint density at radius 2 is 2.16 bits per heavy atom. The Hall–Kier alpha value is -2.83. The van der Waals surface area contributed by atoms with Gasteiger partial charge in [-0.15, -0.1) is 5.10 Å². The van der Waals surface area contributed by atoms with Crippen LogP contribution in [0.1, 0.15) is 16.2 Å². The van der Waals surface area contributed by atoms with Gasteiger partial charge in [0.1, 0.15) is 5.69 Å². The molecule has 3 aromatic rings. The molecule has 19 heavy (non-hydrogen) atoms. The molecule has 0 bridgehead atoms. The lowest BCUT2D eigenvalue weighted by Gasteiger charge is -1.98. The maximum absolute atomic E-state index is 11.2. The first-order valence-corrected chi connectivity index (χ1v) is 5.54. The van der Waals surface area contributed by atoms with E-state index in [1.165, 1.54) is 10.6 Å². The number of pyridine rings is 1. The summed E-state index contributed by atoms with van der Waals surface area (Å²) in [7, 11) is 0. The van der Waals surface area contributed by atoms with E-state index in [0.29, 0.717) is 17.2 Å². The molecular formula is C12H9N5O2. The average Bonchev–Trinajstić information content (AvgIpc) is 2.82. The normalized spacial score (nSPS) is 10.8. The molecular weight excluding hydrogens is 246 g/mol. The highest BCUT2D eigenvalue weighted by molar-refractivity contribution is 5.86. The minimum atomic E-state index is -1.08. The Balaban J connectivity index is 2.26. The van der Waals surface area contributed by atoms with Crippen LogP contribution in [0.2, 0.25) is 0 Å². The summed E-state index contributed by atoms with van der Waals surface area (Å²) in [6, 6.07) is 6.80. The number of hydrogen-bond acceptors (Lipinski definition) is 5. The fraction of sp³-hybridized carbons (Fsp3) is 0.0833. The number of carboxylic acids is 1. The summed E-state index contributed by atoms with van der Waals surface area (Å²) in [4.78, 5) is 23.7. The van der Waals surface area contributed by atoms with Crippen LogP contribution in [0.3, 0.4) is 0 Å². The van der Waals surface area contributed by atoms with Crippen molar-refractivity contribution >= 4 is 11.7 Å². The summed E-state index contributed by atoms with van der Waals surface area (Å²) in [5.74, 6) is -0.479. The van der Waals surface area contributed by atoms with Crippen LogP contribution in [0.4, 0.5) is 0 Å². The van der Waals surface area contributed by atoms with Gasteiger partial charge in [0.25, 0.3) is 5.78 Å². The molecule has 7 heteroatoms. The van der Waals surface area contributed by atoms with E-state index >= 15 is 0 Å². The lowest BCUT2D eigenvalue weighted by Crippen LogP contribution is -2.08. The molecule has 0 saturated carbocycles. The third-order valence-corrected chi connectivity index (χ3v) is 2.55. The first-order valence-electron chi connectivity index (χ1n) is 5.54. The molecule has 0 spiro atoms. The van der Waals surface area contributed by atoms with Crippen molar-refractivity contribution < 1.29 is 9.90 Å². The minimum Gasteiger partial charge on any atom is -0.477 e. The number of carboxylic acid groups (broad SMARTS) is 1. The number of fused-ring (bicyclic) bond motifs is 1. The highest BCUT2D eigenvalue weighted by atomic mass is 16.4. The number of hydrogen-bond donors (Lipinski definition) is 1. The predicted octanol–water partition coefficient (Wildman–Crippen LogP) is 1.19. The lowest BCUT2D eigenvalue weighted by molar-refractivity contribution is 0.0687. The average molecular weight is 255 g/mol. The molecule has 0 saturated heterocycles. The molecule has 1 N–H and O–H groups in total. The smallest absolute Gasteiger partial charge is 0.354 e. The third kappa shape index (κ3) is 1.90. The Morgan fingerprint density at radius 1 is 1.32 bits per heavy atom. The molecule has 0 aliphatic carbocycles. The van der Waals surface area contributed by atoms with Crippen molar-refractivity contribution in [1.82, 2.24) is 24.6 Å². The zero-order chi connectivity index (χ0) is 13.4. The Kier molecular flexibility index (Phi) is 2.45. The summed E-state index contributed by atoms with van der Waals surface area (Å²) in [5.41, 5.74) is 1.17. The molecule has 0 aliphatic rings. The van der Waals surface area contributed by atoms with Crippen molar-refractivity contribution in [2.75, 3.05) is 0 Å². The van der Waals surface area contributed by atoms with Crippen LogP contribution >= 0.6 is 0 Å². The number of rotatable bonds is 2. The van der Waals surface area contributed by atoms with Crippen molar-refractivity contribution in [2.45, 2.75) is 6.92 Å². The Morgan fingerprint density at radius 3 is 2.84 bits per heavy atom. The standard InChI is InChI=1S/C12H9N5O2/c1-7-6-9(11(18)19)17-12(14-7)15-10(16-17)8-4-2-3-5-13-8/h2-6H,1H3,(H,18,19). The van der Waals surface area contributed by atoms with Gasteiger partial charge in [0.2, 0.25) is 5.82 Å². The van der Waals surface area contributed by atoms with E-state index in [0.717, 1.165) is 0 Å². The third-order valence-electron chi connectivity index (χ3n) is 2.55. The lowest BCUT2D eigenvalue weighted by atomic mass is 10.3. The molecule has 0 atom stereocenters. The van der Waals surface area contributed by atoms with Gasteiger partial charge >= 0.3 is 5.97 Å². The number of aromatic carboxylic acids is 1. The van der Waals surface area contributed by atoms with Gasteiger partial charge in [-0.1, -0.05) is 6.07 Å². The molecule has 3 rings (SSSR count). The van der Waals surface area contributed by atoms with Crippen molar-refractivity contribution in [1.29, 1.82) is 0 Å².